The number of halogens is 1. The van der Waals surface area contributed by atoms with Gasteiger partial charge in [-0.05, 0) is 30.6 Å². The van der Waals surface area contributed by atoms with Gasteiger partial charge >= 0.3 is 0 Å². The van der Waals surface area contributed by atoms with E-state index in [1.807, 2.05) is 6.26 Å². The number of pyridine rings is 1. The van der Waals surface area contributed by atoms with Crippen LogP contribution < -0.4 is 4.72 Å². The average Bonchev–Trinajstić information content (AvgIpc) is 2.25. The number of rotatable bonds is 6. The van der Waals surface area contributed by atoms with Gasteiger partial charge in [-0.1, -0.05) is 11.6 Å². The minimum atomic E-state index is -3.53. The minimum absolute atomic E-state index is 0.000124. The molecule has 1 rings (SSSR count). The van der Waals surface area contributed by atoms with Gasteiger partial charge in [0, 0.05) is 12.7 Å². The second-order valence-electron chi connectivity index (χ2n) is 3.04. The molecule has 0 radical (unpaired) electrons. The van der Waals surface area contributed by atoms with Crippen molar-refractivity contribution in [3.63, 3.8) is 0 Å². The van der Waals surface area contributed by atoms with E-state index in [1.54, 1.807) is 17.8 Å². The molecule has 1 heterocycles. The second kappa shape index (κ2) is 6.44. The molecule has 0 spiro atoms. The first-order valence-corrected chi connectivity index (χ1v) is 7.92. The summed E-state index contributed by atoms with van der Waals surface area (Å²) in [4.78, 5) is 3.76. The molecule has 7 heteroatoms. The van der Waals surface area contributed by atoms with Gasteiger partial charge < -0.3 is 0 Å². The number of thioether (sulfide) groups is 1. The van der Waals surface area contributed by atoms with E-state index in [0.29, 0.717) is 6.54 Å². The van der Waals surface area contributed by atoms with E-state index < -0.39 is 10.0 Å². The summed E-state index contributed by atoms with van der Waals surface area (Å²) in [5.74, 6) is 0.920. The molecule has 0 fully saturated rings. The molecular weight excluding hydrogens is 268 g/mol. The largest absolute Gasteiger partial charge is 0.243 e. The lowest BCUT2D eigenvalue weighted by Gasteiger charge is -2.06. The monoisotopic (exact) mass is 280 g/mol. The summed E-state index contributed by atoms with van der Waals surface area (Å²) in [5.41, 5.74) is 0. The Morgan fingerprint density at radius 2 is 2.31 bits per heavy atom. The van der Waals surface area contributed by atoms with E-state index in [9.17, 15) is 8.42 Å². The smallest absolute Gasteiger partial charge is 0.243 e. The van der Waals surface area contributed by atoms with Crippen LogP contribution in [0.3, 0.4) is 0 Å². The third-order valence-corrected chi connectivity index (χ3v) is 4.43. The molecular formula is C9H13ClN2O2S2. The second-order valence-corrected chi connectivity index (χ2v) is 6.12. The number of nitrogens with one attached hydrogen (secondary N) is 1. The van der Waals surface area contributed by atoms with Crippen LogP contribution in [0.2, 0.25) is 5.15 Å². The zero-order valence-corrected chi connectivity index (χ0v) is 11.2. The van der Waals surface area contributed by atoms with Crippen molar-refractivity contribution in [2.45, 2.75) is 11.3 Å². The fourth-order valence-corrected chi connectivity index (χ4v) is 3.03. The van der Waals surface area contributed by atoms with E-state index in [4.69, 9.17) is 11.6 Å². The third-order valence-electron chi connectivity index (χ3n) is 1.83. The fourth-order valence-electron chi connectivity index (χ4n) is 1.07. The SMILES string of the molecule is CSCCCNS(=O)(=O)c1cccnc1Cl. The first-order valence-electron chi connectivity index (χ1n) is 4.67. The maximum atomic E-state index is 11.8. The molecule has 0 aliphatic carbocycles. The van der Waals surface area contributed by atoms with Crippen molar-refractivity contribution in [3.05, 3.63) is 23.5 Å². The van der Waals surface area contributed by atoms with Gasteiger partial charge in [-0.15, -0.1) is 0 Å². The third kappa shape index (κ3) is 3.93. The lowest BCUT2D eigenvalue weighted by molar-refractivity contribution is 0.580. The van der Waals surface area contributed by atoms with Crippen LogP contribution in [0.15, 0.2) is 23.2 Å². The number of hydrogen-bond acceptors (Lipinski definition) is 4. The molecule has 0 atom stereocenters. The van der Waals surface area contributed by atoms with Crippen LogP contribution >= 0.6 is 23.4 Å². The molecule has 16 heavy (non-hydrogen) atoms. The Morgan fingerprint density at radius 1 is 1.56 bits per heavy atom. The summed E-state index contributed by atoms with van der Waals surface area (Å²) >= 11 is 7.39. The van der Waals surface area contributed by atoms with E-state index in [1.165, 1.54) is 12.3 Å². The van der Waals surface area contributed by atoms with Crippen LogP contribution in [0.1, 0.15) is 6.42 Å². The van der Waals surface area contributed by atoms with Crippen molar-refractivity contribution in [1.29, 1.82) is 0 Å². The highest BCUT2D eigenvalue weighted by Crippen LogP contribution is 2.17. The first kappa shape index (κ1) is 13.8. The molecule has 1 aromatic heterocycles. The molecule has 0 amide bonds. The zero-order chi connectivity index (χ0) is 12.0. The Labute approximate surface area is 105 Å². The molecule has 0 aliphatic heterocycles. The van der Waals surface area contributed by atoms with Crippen LogP contribution in [0, 0.1) is 0 Å². The zero-order valence-electron chi connectivity index (χ0n) is 8.81. The average molecular weight is 281 g/mol. The van der Waals surface area contributed by atoms with Gasteiger partial charge in [-0.25, -0.2) is 18.1 Å². The molecule has 0 saturated carbocycles. The van der Waals surface area contributed by atoms with Crippen LogP contribution in [0.25, 0.3) is 0 Å². The normalized spacial score (nSPS) is 11.6. The van der Waals surface area contributed by atoms with Gasteiger partial charge in [0.2, 0.25) is 10.0 Å². The summed E-state index contributed by atoms with van der Waals surface area (Å²) < 4.78 is 26.0. The quantitative estimate of drug-likeness (QED) is 0.637. The number of nitrogens with zero attached hydrogens (tertiary/aromatic N) is 1. The Bertz CT molecular complexity index is 437. The topological polar surface area (TPSA) is 59.1 Å². The summed E-state index contributed by atoms with van der Waals surface area (Å²) in [5, 5.41) is -0.000124. The van der Waals surface area contributed by atoms with Crippen molar-refractivity contribution in [2.75, 3.05) is 18.6 Å². The van der Waals surface area contributed by atoms with Gasteiger partial charge in [0.15, 0.2) is 0 Å². The predicted octanol–water partition coefficient (Wildman–Crippen LogP) is 1.77. The van der Waals surface area contributed by atoms with E-state index in [0.717, 1.165) is 12.2 Å². The molecule has 0 aliphatic rings. The highest BCUT2D eigenvalue weighted by Gasteiger charge is 2.17. The standard InChI is InChI=1S/C9H13ClN2O2S2/c1-15-7-3-6-12-16(13,14)8-4-2-5-11-9(8)10/h2,4-5,12H,3,6-7H2,1H3. The van der Waals surface area contributed by atoms with Gasteiger partial charge in [-0.3, -0.25) is 0 Å². The van der Waals surface area contributed by atoms with Gasteiger partial charge in [0.05, 0.1) is 0 Å². The molecule has 0 unspecified atom stereocenters. The Kier molecular flexibility index (Phi) is 5.54. The number of aromatic nitrogens is 1. The Morgan fingerprint density at radius 3 is 2.94 bits per heavy atom. The molecule has 1 N–H and O–H groups in total. The highest BCUT2D eigenvalue weighted by atomic mass is 35.5. The van der Waals surface area contributed by atoms with Crippen molar-refractivity contribution in [2.24, 2.45) is 0 Å². The molecule has 4 nitrogen and oxygen atoms in total. The van der Waals surface area contributed by atoms with E-state index in [-0.39, 0.29) is 10.0 Å². The first-order chi connectivity index (χ1) is 7.58. The molecule has 0 saturated heterocycles. The summed E-state index contributed by atoms with van der Waals surface area (Å²) in [6, 6.07) is 2.98. The fraction of sp³-hybridized carbons (Fsp3) is 0.444. The molecule has 0 aromatic carbocycles. The van der Waals surface area contributed by atoms with Crippen LogP contribution in [0.5, 0.6) is 0 Å². The van der Waals surface area contributed by atoms with Crippen LogP contribution in [-0.4, -0.2) is 32.0 Å². The van der Waals surface area contributed by atoms with Crippen LogP contribution in [-0.2, 0) is 10.0 Å². The van der Waals surface area contributed by atoms with Crippen LogP contribution in [0.4, 0.5) is 0 Å². The minimum Gasteiger partial charge on any atom is -0.243 e. The molecule has 0 bridgehead atoms. The van der Waals surface area contributed by atoms with Crippen molar-refractivity contribution in [3.8, 4) is 0 Å². The lowest BCUT2D eigenvalue weighted by Crippen LogP contribution is -2.25. The lowest BCUT2D eigenvalue weighted by atomic mass is 10.5. The summed E-state index contributed by atoms with van der Waals surface area (Å²) in [6.07, 6.45) is 4.22. The predicted molar refractivity (Wildman–Crippen MR) is 67.4 cm³/mol. The van der Waals surface area contributed by atoms with Crippen molar-refractivity contribution >= 4 is 33.4 Å². The Balaban J connectivity index is 2.68. The molecule has 90 valence electrons. The number of sulfonamides is 1. The van der Waals surface area contributed by atoms with E-state index >= 15 is 0 Å². The van der Waals surface area contributed by atoms with Crippen molar-refractivity contribution < 1.29 is 8.42 Å². The highest BCUT2D eigenvalue weighted by molar-refractivity contribution is 7.98. The van der Waals surface area contributed by atoms with Crippen molar-refractivity contribution in [1.82, 2.24) is 9.71 Å². The maximum Gasteiger partial charge on any atom is 0.243 e. The summed E-state index contributed by atoms with van der Waals surface area (Å²) in [6.45, 7) is 0.411. The van der Waals surface area contributed by atoms with E-state index in [2.05, 4.69) is 9.71 Å². The van der Waals surface area contributed by atoms with Gasteiger partial charge in [-0.2, -0.15) is 11.8 Å². The molecule has 1 aromatic rings. The van der Waals surface area contributed by atoms with Gasteiger partial charge in [0.1, 0.15) is 10.0 Å². The number of hydrogen-bond donors (Lipinski definition) is 1. The maximum absolute atomic E-state index is 11.8. The summed E-state index contributed by atoms with van der Waals surface area (Å²) in [7, 11) is -3.53. The van der Waals surface area contributed by atoms with Gasteiger partial charge in [0.25, 0.3) is 0 Å². The Hall–Kier alpha value is -0.300.